The lowest BCUT2D eigenvalue weighted by atomic mass is 10.1. The Hall–Kier alpha value is -3.57. The zero-order valence-electron chi connectivity index (χ0n) is 15.7. The summed E-state index contributed by atoms with van der Waals surface area (Å²) in [5.74, 6) is -1.47. The van der Waals surface area contributed by atoms with Gasteiger partial charge in [-0.15, -0.1) is 0 Å². The van der Waals surface area contributed by atoms with Gasteiger partial charge in [-0.25, -0.2) is 9.59 Å². The molecular formula is C19H15ClN2O9. The van der Waals surface area contributed by atoms with Gasteiger partial charge in [-0.1, -0.05) is 11.6 Å². The van der Waals surface area contributed by atoms with Crippen molar-refractivity contribution < 1.29 is 33.6 Å². The number of hydrogen-bond donors (Lipinski definition) is 0. The third-order valence-electron chi connectivity index (χ3n) is 4.42. The van der Waals surface area contributed by atoms with Crippen molar-refractivity contribution in [1.82, 2.24) is 0 Å². The van der Waals surface area contributed by atoms with E-state index in [0.717, 1.165) is 0 Å². The Morgan fingerprint density at radius 1 is 0.935 bits per heavy atom. The first-order valence-corrected chi connectivity index (χ1v) is 9.35. The number of nitro benzene ring substituents is 2. The number of benzene rings is 2. The van der Waals surface area contributed by atoms with Gasteiger partial charge in [0, 0.05) is 30.7 Å². The molecule has 1 aliphatic heterocycles. The van der Waals surface area contributed by atoms with E-state index in [1.54, 1.807) is 0 Å². The molecule has 1 heterocycles. The molecule has 1 fully saturated rings. The average Bonchev–Trinajstić information content (AvgIpc) is 3.10. The number of non-ortho nitro benzene ring substituents is 2. The van der Waals surface area contributed by atoms with Crippen LogP contribution >= 0.6 is 11.6 Å². The van der Waals surface area contributed by atoms with Gasteiger partial charge in [-0.3, -0.25) is 20.2 Å². The summed E-state index contributed by atoms with van der Waals surface area (Å²) >= 11 is 5.97. The standard InChI is InChI=1S/C19H15ClN2O9/c20-17-9-15(31-19(24)12-3-7-14(8-4-12)22(27)28)16(30-17)10-29-18(23)11-1-5-13(6-2-11)21(25)26/h1-8,15-17H,9-10H2/t15-,16+,17+/m0/s1. The molecule has 0 amide bonds. The van der Waals surface area contributed by atoms with Crippen LogP contribution in [0.3, 0.4) is 0 Å². The summed E-state index contributed by atoms with van der Waals surface area (Å²) < 4.78 is 16.0. The van der Waals surface area contributed by atoms with Crippen LogP contribution in [0.25, 0.3) is 0 Å². The second kappa shape index (κ2) is 9.49. The number of hydrogen-bond acceptors (Lipinski definition) is 9. The summed E-state index contributed by atoms with van der Waals surface area (Å²) in [5.41, 5.74) is -0.898. The lowest BCUT2D eigenvalue weighted by molar-refractivity contribution is -0.385. The minimum atomic E-state index is -0.827. The quantitative estimate of drug-likeness (QED) is 0.268. The minimum absolute atomic E-state index is 0.102. The number of carbonyl (C=O) groups is 2. The lowest BCUT2D eigenvalue weighted by Crippen LogP contribution is -2.32. The van der Waals surface area contributed by atoms with Gasteiger partial charge in [-0.05, 0) is 24.3 Å². The molecule has 11 nitrogen and oxygen atoms in total. The Bertz CT molecular complexity index is 994. The van der Waals surface area contributed by atoms with Gasteiger partial charge in [0.2, 0.25) is 0 Å². The van der Waals surface area contributed by atoms with Crippen molar-refractivity contribution in [2.45, 2.75) is 24.2 Å². The van der Waals surface area contributed by atoms with Crippen LogP contribution in [-0.4, -0.2) is 46.2 Å². The number of ether oxygens (including phenoxy) is 3. The van der Waals surface area contributed by atoms with Crippen molar-refractivity contribution in [3.8, 4) is 0 Å². The predicted octanol–water partition coefficient (Wildman–Crippen LogP) is 3.24. The van der Waals surface area contributed by atoms with Crippen LogP contribution < -0.4 is 0 Å². The summed E-state index contributed by atoms with van der Waals surface area (Å²) in [7, 11) is 0. The largest absolute Gasteiger partial charge is 0.459 e. The van der Waals surface area contributed by atoms with E-state index in [1.165, 1.54) is 48.5 Å². The molecule has 3 rings (SSSR count). The maximum atomic E-state index is 12.3. The van der Waals surface area contributed by atoms with Crippen LogP contribution in [0.2, 0.25) is 0 Å². The number of halogens is 1. The number of nitro groups is 2. The highest BCUT2D eigenvalue weighted by atomic mass is 35.5. The molecule has 0 radical (unpaired) electrons. The number of alkyl halides is 1. The molecule has 0 aliphatic carbocycles. The van der Waals surface area contributed by atoms with Crippen LogP contribution in [-0.2, 0) is 14.2 Å². The number of esters is 2. The first-order chi connectivity index (χ1) is 14.7. The van der Waals surface area contributed by atoms with Crippen molar-refractivity contribution in [3.05, 3.63) is 79.9 Å². The number of carbonyl (C=O) groups excluding carboxylic acids is 2. The molecule has 3 atom stereocenters. The SMILES string of the molecule is O=C(OC[C@H]1O[C@@H](Cl)C[C@@H]1OC(=O)c1ccc([N+](=O)[O-])cc1)c1ccc([N+](=O)[O-])cc1. The van der Waals surface area contributed by atoms with Crippen LogP contribution in [0, 0.1) is 20.2 Å². The molecule has 1 saturated heterocycles. The van der Waals surface area contributed by atoms with Gasteiger partial charge in [0.15, 0.2) is 0 Å². The summed E-state index contributed by atoms with van der Waals surface area (Å²) in [6.45, 7) is -0.267. The average molecular weight is 451 g/mol. The van der Waals surface area contributed by atoms with Crippen molar-refractivity contribution in [1.29, 1.82) is 0 Å². The fourth-order valence-corrected chi connectivity index (χ4v) is 3.13. The molecule has 2 aromatic rings. The van der Waals surface area contributed by atoms with Crippen LogP contribution in [0.4, 0.5) is 11.4 Å². The summed E-state index contributed by atoms with van der Waals surface area (Å²) in [6.07, 6.45) is -1.48. The third kappa shape index (κ3) is 5.53. The molecule has 31 heavy (non-hydrogen) atoms. The Balaban J connectivity index is 1.59. The Morgan fingerprint density at radius 3 is 1.90 bits per heavy atom. The summed E-state index contributed by atoms with van der Waals surface area (Å²) in [6, 6.07) is 9.73. The van der Waals surface area contributed by atoms with Gasteiger partial charge in [0.25, 0.3) is 11.4 Å². The lowest BCUT2D eigenvalue weighted by Gasteiger charge is -2.18. The molecule has 0 unspecified atom stereocenters. The zero-order chi connectivity index (χ0) is 22.5. The first-order valence-electron chi connectivity index (χ1n) is 8.91. The van der Waals surface area contributed by atoms with E-state index in [-0.39, 0.29) is 35.5 Å². The van der Waals surface area contributed by atoms with Crippen molar-refractivity contribution in [3.63, 3.8) is 0 Å². The van der Waals surface area contributed by atoms with E-state index in [0.29, 0.717) is 0 Å². The molecule has 0 bridgehead atoms. The van der Waals surface area contributed by atoms with Gasteiger partial charge >= 0.3 is 11.9 Å². The fourth-order valence-electron chi connectivity index (χ4n) is 2.82. The molecular weight excluding hydrogens is 436 g/mol. The molecule has 2 aromatic carbocycles. The van der Waals surface area contributed by atoms with Gasteiger partial charge in [-0.2, -0.15) is 0 Å². The first kappa shape index (κ1) is 22.1. The summed E-state index contributed by atoms with van der Waals surface area (Å²) in [5, 5.41) is 21.4. The topological polar surface area (TPSA) is 148 Å². The molecule has 1 aliphatic rings. The smallest absolute Gasteiger partial charge is 0.338 e. The maximum absolute atomic E-state index is 12.3. The van der Waals surface area contributed by atoms with Crippen LogP contribution in [0.15, 0.2) is 48.5 Å². The Labute approximate surface area is 179 Å². The molecule has 0 spiro atoms. The fraction of sp³-hybridized carbons (Fsp3) is 0.263. The normalized spacial score (nSPS) is 20.1. The van der Waals surface area contributed by atoms with E-state index >= 15 is 0 Å². The Morgan fingerprint density at radius 2 is 1.42 bits per heavy atom. The van der Waals surface area contributed by atoms with Crippen molar-refractivity contribution in [2.24, 2.45) is 0 Å². The second-order valence-corrected chi connectivity index (χ2v) is 6.96. The number of rotatable bonds is 7. The Kier molecular flexibility index (Phi) is 6.78. The predicted molar refractivity (Wildman–Crippen MR) is 105 cm³/mol. The zero-order valence-corrected chi connectivity index (χ0v) is 16.5. The van der Waals surface area contributed by atoms with E-state index in [2.05, 4.69) is 0 Å². The van der Waals surface area contributed by atoms with E-state index in [1.807, 2.05) is 0 Å². The molecule has 0 aromatic heterocycles. The van der Waals surface area contributed by atoms with Gasteiger partial charge in [0.1, 0.15) is 24.4 Å². The third-order valence-corrected chi connectivity index (χ3v) is 4.70. The van der Waals surface area contributed by atoms with Gasteiger partial charge in [0.05, 0.1) is 21.0 Å². The van der Waals surface area contributed by atoms with Crippen LogP contribution in [0.5, 0.6) is 0 Å². The second-order valence-electron chi connectivity index (χ2n) is 6.47. The van der Waals surface area contributed by atoms with Gasteiger partial charge < -0.3 is 14.2 Å². The number of nitrogens with zero attached hydrogens (tertiary/aromatic N) is 2. The van der Waals surface area contributed by atoms with E-state index in [4.69, 9.17) is 25.8 Å². The molecule has 0 saturated carbocycles. The highest BCUT2D eigenvalue weighted by Gasteiger charge is 2.38. The maximum Gasteiger partial charge on any atom is 0.338 e. The van der Waals surface area contributed by atoms with E-state index < -0.39 is 39.6 Å². The monoisotopic (exact) mass is 450 g/mol. The minimum Gasteiger partial charge on any atom is -0.459 e. The highest BCUT2D eigenvalue weighted by Crippen LogP contribution is 2.27. The van der Waals surface area contributed by atoms with Crippen molar-refractivity contribution >= 4 is 34.9 Å². The van der Waals surface area contributed by atoms with E-state index in [9.17, 15) is 29.8 Å². The van der Waals surface area contributed by atoms with Crippen LogP contribution in [0.1, 0.15) is 27.1 Å². The van der Waals surface area contributed by atoms with Crippen molar-refractivity contribution in [2.75, 3.05) is 6.61 Å². The molecule has 162 valence electrons. The molecule has 12 heteroatoms. The summed E-state index contributed by atoms with van der Waals surface area (Å²) in [4.78, 5) is 44.7. The highest BCUT2D eigenvalue weighted by molar-refractivity contribution is 6.19. The molecule has 0 N–H and O–H groups in total.